The van der Waals surface area contributed by atoms with Crippen LogP contribution in [0.3, 0.4) is 0 Å². The average molecular weight is 305 g/mol. The number of primary amides is 1. The zero-order valence-corrected chi connectivity index (χ0v) is 12.7. The van der Waals surface area contributed by atoms with Gasteiger partial charge < -0.3 is 5.73 Å². The van der Waals surface area contributed by atoms with Crippen LogP contribution in [0.25, 0.3) is 0 Å². The Morgan fingerprint density at radius 1 is 0.864 bits per heavy atom. The van der Waals surface area contributed by atoms with Crippen molar-refractivity contribution in [1.82, 2.24) is 0 Å². The summed E-state index contributed by atoms with van der Waals surface area (Å²) in [5.74, 6) is -0.753. The number of hydrogen-bond acceptors (Lipinski definition) is 1. The van der Waals surface area contributed by atoms with Crippen molar-refractivity contribution in [3.63, 3.8) is 0 Å². The standard InChI is InChI=1S/C9H10FNO.C9H11F/c10-8-4-1-7(2-5-8)3-6-9(11)12;1-2-3-8-4-6-9(10)7-5-8/h1-2,4-5H,3,6H2,(H2,11,12);4-7H,2-3H2,1H3. The molecule has 0 aliphatic rings. The number of benzene rings is 2. The summed E-state index contributed by atoms with van der Waals surface area (Å²) in [5.41, 5.74) is 7.10. The Labute approximate surface area is 130 Å². The Bertz CT molecular complexity index is 565. The monoisotopic (exact) mass is 305 g/mol. The molecule has 0 atom stereocenters. The molecule has 2 N–H and O–H groups in total. The van der Waals surface area contributed by atoms with Gasteiger partial charge in [0.05, 0.1) is 0 Å². The summed E-state index contributed by atoms with van der Waals surface area (Å²) >= 11 is 0. The molecule has 0 saturated heterocycles. The van der Waals surface area contributed by atoms with Gasteiger partial charge in [0.15, 0.2) is 0 Å². The Kier molecular flexibility index (Phi) is 7.83. The number of aryl methyl sites for hydroxylation is 2. The fourth-order valence-corrected chi connectivity index (χ4v) is 1.86. The SMILES string of the molecule is CCCc1ccc(F)cc1.NC(=O)CCc1ccc(F)cc1. The van der Waals surface area contributed by atoms with Gasteiger partial charge in [0.2, 0.25) is 5.91 Å². The first-order valence-corrected chi connectivity index (χ1v) is 7.28. The normalized spacial score (nSPS) is 9.77. The highest BCUT2D eigenvalue weighted by atomic mass is 19.1. The molecule has 2 aromatic carbocycles. The molecule has 2 aromatic rings. The topological polar surface area (TPSA) is 43.1 Å². The fourth-order valence-electron chi connectivity index (χ4n) is 1.86. The van der Waals surface area contributed by atoms with Crippen LogP contribution in [0.15, 0.2) is 48.5 Å². The lowest BCUT2D eigenvalue weighted by atomic mass is 10.1. The van der Waals surface area contributed by atoms with Crippen LogP contribution in [0.2, 0.25) is 0 Å². The van der Waals surface area contributed by atoms with Gasteiger partial charge in [0, 0.05) is 6.42 Å². The largest absolute Gasteiger partial charge is 0.370 e. The van der Waals surface area contributed by atoms with Gasteiger partial charge in [0.1, 0.15) is 11.6 Å². The molecule has 0 unspecified atom stereocenters. The van der Waals surface area contributed by atoms with Gasteiger partial charge in [0.25, 0.3) is 0 Å². The molecular formula is C18H21F2NO. The second kappa shape index (κ2) is 9.66. The van der Waals surface area contributed by atoms with E-state index in [0.717, 1.165) is 18.4 Å². The third-order valence-electron chi connectivity index (χ3n) is 3.03. The minimum Gasteiger partial charge on any atom is -0.370 e. The molecule has 0 radical (unpaired) electrons. The highest BCUT2D eigenvalue weighted by Gasteiger charge is 1.97. The molecular weight excluding hydrogens is 284 g/mol. The van der Waals surface area contributed by atoms with E-state index in [9.17, 15) is 13.6 Å². The van der Waals surface area contributed by atoms with Crippen LogP contribution >= 0.6 is 0 Å². The molecule has 0 bridgehead atoms. The summed E-state index contributed by atoms with van der Waals surface area (Å²) in [6.07, 6.45) is 3.05. The van der Waals surface area contributed by atoms with Crippen molar-refractivity contribution in [3.05, 3.63) is 71.3 Å². The summed E-state index contributed by atoms with van der Waals surface area (Å²) in [6, 6.07) is 12.7. The van der Waals surface area contributed by atoms with Crippen LogP contribution in [0.1, 0.15) is 30.9 Å². The van der Waals surface area contributed by atoms with Gasteiger partial charge >= 0.3 is 0 Å². The summed E-state index contributed by atoms with van der Waals surface area (Å²) in [4.78, 5) is 10.4. The summed E-state index contributed by atoms with van der Waals surface area (Å²) in [5, 5.41) is 0. The number of carbonyl (C=O) groups excluding carboxylic acids is 1. The quantitative estimate of drug-likeness (QED) is 0.890. The van der Waals surface area contributed by atoms with Crippen LogP contribution in [0, 0.1) is 11.6 Å². The molecule has 0 fully saturated rings. The molecule has 2 nitrogen and oxygen atoms in total. The van der Waals surface area contributed by atoms with Gasteiger partial charge in [-0.15, -0.1) is 0 Å². The number of carbonyl (C=O) groups is 1. The average Bonchev–Trinajstić information content (AvgIpc) is 2.50. The van der Waals surface area contributed by atoms with Gasteiger partial charge in [-0.3, -0.25) is 4.79 Å². The van der Waals surface area contributed by atoms with Crippen molar-refractivity contribution in [2.75, 3.05) is 0 Å². The maximum atomic E-state index is 12.4. The van der Waals surface area contributed by atoms with Gasteiger partial charge in [-0.05, 0) is 48.2 Å². The number of rotatable bonds is 5. The number of amides is 1. The third kappa shape index (κ3) is 7.53. The van der Waals surface area contributed by atoms with Crippen LogP contribution in [-0.4, -0.2) is 5.91 Å². The molecule has 0 saturated carbocycles. The van der Waals surface area contributed by atoms with Crippen molar-refractivity contribution in [3.8, 4) is 0 Å². The number of hydrogen-bond donors (Lipinski definition) is 1. The molecule has 0 heterocycles. The van der Waals surface area contributed by atoms with E-state index in [1.54, 1.807) is 12.1 Å². The van der Waals surface area contributed by atoms with Crippen LogP contribution in [-0.2, 0) is 17.6 Å². The van der Waals surface area contributed by atoms with Crippen molar-refractivity contribution < 1.29 is 13.6 Å². The molecule has 22 heavy (non-hydrogen) atoms. The highest BCUT2D eigenvalue weighted by molar-refractivity contribution is 5.73. The molecule has 2 rings (SSSR count). The zero-order chi connectivity index (χ0) is 16.4. The Hall–Kier alpha value is -2.23. The first-order valence-electron chi connectivity index (χ1n) is 7.28. The molecule has 1 amide bonds. The van der Waals surface area contributed by atoms with Crippen LogP contribution in [0.4, 0.5) is 8.78 Å². The van der Waals surface area contributed by atoms with E-state index in [0.29, 0.717) is 12.8 Å². The summed E-state index contributed by atoms with van der Waals surface area (Å²) in [6.45, 7) is 2.11. The van der Waals surface area contributed by atoms with E-state index in [-0.39, 0.29) is 17.5 Å². The lowest BCUT2D eigenvalue weighted by Gasteiger charge is -1.97. The first-order chi connectivity index (χ1) is 10.5. The minimum absolute atomic E-state index is 0.153. The van der Waals surface area contributed by atoms with Gasteiger partial charge in [-0.2, -0.15) is 0 Å². The third-order valence-corrected chi connectivity index (χ3v) is 3.03. The zero-order valence-electron chi connectivity index (χ0n) is 12.7. The van der Waals surface area contributed by atoms with E-state index in [2.05, 4.69) is 6.92 Å². The molecule has 0 aliphatic heterocycles. The maximum absolute atomic E-state index is 12.4. The lowest BCUT2D eigenvalue weighted by Crippen LogP contribution is -2.11. The highest BCUT2D eigenvalue weighted by Crippen LogP contribution is 2.05. The Morgan fingerprint density at radius 3 is 1.64 bits per heavy atom. The second-order valence-corrected chi connectivity index (χ2v) is 4.97. The van der Waals surface area contributed by atoms with E-state index in [1.165, 1.54) is 29.8 Å². The maximum Gasteiger partial charge on any atom is 0.217 e. The molecule has 0 spiro atoms. The van der Waals surface area contributed by atoms with Crippen molar-refractivity contribution in [2.45, 2.75) is 32.6 Å². The van der Waals surface area contributed by atoms with Crippen molar-refractivity contribution >= 4 is 5.91 Å². The summed E-state index contributed by atoms with van der Waals surface area (Å²) in [7, 11) is 0. The van der Waals surface area contributed by atoms with E-state index >= 15 is 0 Å². The second-order valence-electron chi connectivity index (χ2n) is 4.97. The van der Waals surface area contributed by atoms with Crippen LogP contribution < -0.4 is 5.73 Å². The molecule has 118 valence electrons. The number of halogens is 2. The van der Waals surface area contributed by atoms with Crippen molar-refractivity contribution in [2.24, 2.45) is 5.73 Å². The fraction of sp³-hybridized carbons (Fsp3) is 0.278. The first kappa shape index (κ1) is 17.8. The van der Waals surface area contributed by atoms with E-state index < -0.39 is 0 Å². The molecule has 4 heteroatoms. The lowest BCUT2D eigenvalue weighted by molar-refractivity contribution is -0.117. The van der Waals surface area contributed by atoms with Crippen molar-refractivity contribution in [1.29, 1.82) is 0 Å². The predicted octanol–water partition coefficient (Wildman–Crippen LogP) is 4.02. The minimum atomic E-state index is -0.334. The Morgan fingerprint density at radius 2 is 1.27 bits per heavy atom. The van der Waals surface area contributed by atoms with Gasteiger partial charge in [-0.25, -0.2) is 8.78 Å². The predicted molar refractivity (Wildman–Crippen MR) is 84.3 cm³/mol. The van der Waals surface area contributed by atoms with Crippen LogP contribution in [0.5, 0.6) is 0 Å². The molecule has 0 aliphatic carbocycles. The molecule has 0 aromatic heterocycles. The summed E-state index contributed by atoms with van der Waals surface area (Å²) < 4.78 is 24.7. The smallest absolute Gasteiger partial charge is 0.217 e. The Balaban J connectivity index is 0.000000224. The van der Waals surface area contributed by atoms with E-state index in [4.69, 9.17) is 5.73 Å². The van der Waals surface area contributed by atoms with E-state index in [1.807, 2.05) is 12.1 Å². The number of nitrogens with two attached hydrogens (primary N) is 1. The van der Waals surface area contributed by atoms with Gasteiger partial charge in [-0.1, -0.05) is 37.6 Å².